The van der Waals surface area contributed by atoms with Gasteiger partial charge in [-0.2, -0.15) is 0 Å². The molecule has 160 valence electrons. The summed E-state index contributed by atoms with van der Waals surface area (Å²) in [5.74, 6) is 0.960. The van der Waals surface area contributed by atoms with Gasteiger partial charge in [-0.15, -0.1) is 0 Å². The van der Waals surface area contributed by atoms with Crippen LogP contribution in [-0.4, -0.2) is 24.1 Å². The Hall–Kier alpha value is -3.79. The fraction of sp³-hybridized carbons (Fsp3) is 0.179. The van der Waals surface area contributed by atoms with Crippen molar-refractivity contribution in [3.8, 4) is 5.75 Å². The van der Waals surface area contributed by atoms with Crippen molar-refractivity contribution >= 4 is 34.1 Å². The van der Waals surface area contributed by atoms with Gasteiger partial charge in [-0.25, -0.2) is 0 Å². The number of anilines is 1. The molecule has 1 amide bonds. The number of amides is 1. The molecule has 3 aromatic carbocycles. The molecule has 0 bridgehead atoms. The number of benzene rings is 3. The summed E-state index contributed by atoms with van der Waals surface area (Å²) in [6.07, 6.45) is 4.15. The largest absolute Gasteiger partial charge is 0.491 e. The average molecular weight is 423 g/mol. The van der Waals surface area contributed by atoms with Crippen molar-refractivity contribution in [2.24, 2.45) is 0 Å². The van der Waals surface area contributed by atoms with Crippen LogP contribution in [0.2, 0.25) is 0 Å². The van der Waals surface area contributed by atoms with Crippen LogP contribution < -0.4 is 9.64 Å². The zero-order valence-corrected chi connectivity index (χ0v) is 18.6. The number of aromatic nitrogens is 1. The Morgan fingerprint density at radius 1 is 0.969 bits per heavy atom. The normalized spacial score (nSPS) is 14.4. The minimum atomic E-state index is 0.0290. The third-order valence-electron chi connectivity index (χ3n) is 6.14. The highest BCUT2D eigenvalue weighted by Gasteiger charge is 2.29. The van der Waals surface area contributed by atoms with E-state index in [1.165, 1.54) is 5.56 Å². The molecule has 0 saturated carbocycles. The number of aryl methyl sites for hydroxylation is 2. The van der Waals surface area contributed by atoms with Crippen LogP contribution >= 0.6 is 0 Å². The number of fused-ring (bicyclic) bond motifs is 2. The molecule has 2 heterocycles. The Labute approximate surface area is 188 Å². The summed E-state index contributed by atoms with van der Waals surface area (Å²) < 4.78 is 8.30. The minimum Gasteiger partial charge on any atom is -0.491 e. The molecule has 0 atom stereocenters. The van der Waals surface area contributed by atoms with Gasteiger partial charge in [-0.3, -0.25) is 4.79 Å². The van der Waals surface area contributed by atoms with E-state index in [0.717, 1.165) is 51.1 Å². The highest BCUT2D eigenvalue weighted by atomic mass is 16.5. The number of likely N-dealkylation sites (N-methyl/N-ethyl adjacent to an activating group) is 1. The molecule has 0 radical (unpaired) electrons. The van der Waals surface area contributed by atoms with Gasteiger partial charge in [0.1, 0.15) is 12.4 Å². The van der Waals surface area contributed by atoms with Crippen molar-refractivity contribution in [1.82, 2.24) is 4.57 Å². The summed E-state index contributed by atoms with van der Waals surface area (Å²) >= 11 is 0. The molecular formula is C28H26N2O2. The number of nitrogens with zero attached hydrogens (tertiary/aromatic N) is 2. The molecule has 4 heteroatoms. The summed E-state index contributed by atoms with van der Waals surface area (Å²) in [5, 5.41) is 1.13. The standard InChI is InChI=1S/C28H26N2O2/c1-19-12-13-20(2)27(16-19)32-15-14-30-18-21(22-8-4-7-11-26(22)30)17-24-23-9-5-6-10-25(23)29(3)28(24)31/h4-13,16-18H,14-15H2,1-3H3/b24-17+. The van der Waals surface area contributed by atoms with Crippen LogP contribution in [0.15, 0.2) is 72.9 Å². The number of hydrogen-bond acceptors (Lipinski definition) is 2. The van der Waals surface area contributed by atoms with Crippen LogP contribution in [0.1, 0.15) is 22.3 Å². The van der Waals surface area contributed by atoms with Crippen molar-refractivity contribution in [2.45, 2.75) is 20.4 Å². The number of hydrogen-bond donors (Lipinski definition) is 0. The lowest BCUT2D eigenvalue weighted by Crippen LogP contribution is -2.20. The first kappa shape index (κ1) is 20.1. The highest BCUT2D eigenvalue weighted by Crippen LogP contribution is 2.37. The molecule has 1 aliphatic heterocycles. The maximum Gasteiger partial charge on any atom is 0.258 e. The molecule has 32 heavy (non-hydrogen) atoms. The Morgan fingerprint density at radius 2 is 1.75 bits per heavy atom. The van der Waals surface area contributed by atoms with Crippen LogP contribution in [0.5, 0.6) is 5.75 Å². The van der Waals surface area contributed by atoms with E-state index in [1.807, 2.05) is 49.5 Å². The lowest BCUT2D eigenvalue weighted by atomic mass is 10.0. The molecule has 4 nitrogen and oxygen atoms in total. The van der Waals surface area contributed by atoms with Crippen LogP contribution in [-0.2, 0) is 11.3 Å². The van der Waals surface area contributed by atoms with E-state index in [4.69, 9.17) is 4.74 Å². The SMILES string of the molecule is Cc1ccc(C)c(OCCn2cc(/C=C3/C(=O)N(C)c4ccccc43)c3ccccc32)c1. The molecule has 1 aliphatic rings. The van der Waals surface area contributed by atoms with E-state index < -0.39 is 0 Å². The zero-order chi connectivity index (χ0) is 22.2. The van der Waals surface area contributed by atoms with Crippen molar-refractivity contribution in [3.63, 3.8) is 0 Å². The quantitative estimate of drug-likeness (QED) is 0.378. The second-order valence-electron chi connectivity index (χ2n) is 8.35. The summed E-state index contributed by atoms with van der Waals surface area (Å²) in [5.41, 5.74) is 7.18. The topological polar surface area (TPSA) is 34.5 Å². The van der Waals surface area contributed by atoms with Gasteiger partial charge in [0.05, 0.1) is 12.2 Å². The fourth-order valence-corrected chi connectivity index (χ4v) is 4.39. The number of carbonyl (C=O) groups excluding carboxylic acids is 1. The Morgan fingerprint density at radius 3 is 2.62 bits per heavy atom. The van der Waals surface area contributed by atoms with E-state index >= 15 is 0 Å². The van der Waals surface area contributed by atoms with Crippen molar-refractivity contribution < 1.29 is 9.53 Å². The molecule has 0 unspecified atom stereocenters. The molecule has 0 fully saturated rings. The van der Waals surface area contributed by atoms with E-state index in [9.17, 15) is 4.79 Å². The summed E-state index contributed by atoms with van der Waals surface area (Å²) in [4.78, 5) is 14.6. The molecule has 0 spiro atoms. The van der Waals surface area contributed by atoms with E-state index in [-0.39, 0.29) is 5.91 Å². The van der Waals surface area contributed by atoms with Gasteiger partial charge < -0.3 is 14.2 Å². The van der Waals surface area contributed by atoms with Gasteiger partial charge in [0, 0.05) is 40.8 Å². The van der Waals surface area contributed by atoms with Crippen molar-refractivity contribution in [1.29, 1.82) is 0 Å². The molecule has 5 rings (SSSR count). The van der Waals surface area contributed by atoms with E-state index in [2.05, 4.69) is 54.9 Å². The minimum absolute atomic E-state index is 0.0290. The maximum absolute atomic E-state index is 12.9. The maximum atomic E-state index is 12.9. The summed E-state index contributed by atoms with van der Waals surface area (Å²) in [6.45, 7) is 5.44. The van der Waals surface area contributed by atoms with Gasteiger partial charge in [0.15, 0.2) is 0 Å². The number of para-hydroxylation sites is 2. The molecule has 0 aliphatic carbocycles. The van der Waals surface area contributed by atoms with Crippen LogP contribution in [0.4, 0.5) is 5.69 Å². The Kier molecular flexibility index (Phi) is 5.06. The van der Waals surface area contributed by atoms with E-state index in [0.29, 0.717) is 6.61 Å². The van der Waals surface area contributed by atoms with Gasteiger partial charge in [0.2, 0.25) is 0 Å². The predicted octanol–water partition coefficient (Wildman–Crippen LogP) is 5.85. The van der Waals surface area contributed by atoms with Gasteiger partial charge >= 0.3 is 0 Å². The monoisotopic (exact) mass is 422 g/mol. The second kappa shape index (κ2) is 8.04. The second-order valence-corrected chi connectivity index (χ2v) is 8.35. The smallest absolute Gasteiger partial charge is 0.258 e. The predicted molar refractivity (Wildman–Crippen MR) is 131 cm³/mol. The van der Waals surface area contributed by atoms with Gasteiger partial charge in [0.25, 0.3) is 5.91 Å². The number of rotatable bonds is 5. The zero-order valence-electron chi connectivity index (χ0n) is 18.6. The van der Waals surface area contributed by atoms with E-state index in [1.54, 1.807) is 4.90 Å². The summed E-state index contributed by atoms with van der Waals surface area (Å²) in [6, 6.07) is 22.5. The molecule has 0 N–H and O–H groups in total. The lowest BCUT2D eigenvalue weighted by molar-refractivity contribution is -0.112. The third kappa shape index (κ3) is 3.48. The Bertz CT molecular complexity index is 1360. The van der Waals surface area contributed by atoms with Crippen molar-refractivity contribution in [3.05, 3.63) is 95.2 Å². The molecule has 1 aromatic heterocycles. The summed E-state index contributed by atoms with van der Waals surface area (Å²) in [7, 11) is 1.83. The van der Waals surface area contributed by atoms with Gasteiger partial charge in [-0.1, -0.05) is 48.5 Å². The molecular weight excluding hydrogens is 396 g/mol. The van der Waals surface area contributed by atoms with Crippen LogP contribution in [0, 0.1) is 13.8 Å². The first-order valence-electron chi connectivity index (χ1n) is 10.9. The van der Waals surface area contributed by atoms with Crippen molar-refractivity contribution in [2.75, 3.05) is 18.6 Å². The lowest BCUT2D eigenvalue weighted by Gasteiger charge is -2.11. The third-order valence-corrected chi connectivity index (χ3v) is 6.14. The first-order valence-corrected chi connectivity index (χ1v) is 10.9. The average Bonchev–Trinajstić information content (AvgIpc) is 3.27. The fourth-order valence-electron chi connectivity index (χ4n) is 4.39. The number of carbonyl (C=O) groups is 1. The first-order chi connectivity index (χ1) is 15.5. The van der Waals surface area contributed by atoms with Crippen LogP contribution in [0.25, 0.3) is 22.6 Å². The molecule has 4 aromatic rings. The number of ether oxygens (including phenoxy) is 1. The Balaban J connectivity index is 1.47. The highest BCUT2D eigenvalue weighted by molar-refractivity contribution is 6.36. The van der Waals surface area contributed by atoms with Gasteiger partial charge in [-0.05, 0) is 49.2 Å². The van der Waals surface area contributed by atoms with Crippen LogP contribution in [0.3, 0.4) is 0 Å². The molecule has 0 saturated heterocycles.